The Morgan fingerprint density at radius 2 is 2.00 bits per heavy atom. The number of amides is 1. The van der Waals surface area contributed by atoms with E-state index in [1.807, 2.05) is 44.2 Å². The third kappa shape index (κ3) is 2.98. The zero-order valence-electron chi connectivity index (χ0n) is 11.7. The van der Waals surface area contributed by atoms with Crippen LogP contribution in [0, 0.1) is 5.92 Å². The van der Waals surface area contributed by atoms with Crippen LogP contribution in [0.2, 0.25) is 0 Å². The lowest BCUT2D eigenvalue weighted by Gasteiger charge is -2.20. The van der Waals surface area contributed by atoms with Crippen molar-refractivity contribution in [1.82, 2.24) is 5.32 Å². The van der Waals surface area contributed by atoms with E-state index in [0.717, 1.165) is 24.8 Å². The Kier molecular flexibility index (Phi) is 4.25. The fraction of sp³-hybridized carbons (Fsp3) is 0.562. The number of nitrogens with one attached hydrogen (secondary N) is 1. The van der Waals surface area contributed by atoms with E-state index in [-0.39, 0.29) is 17.2 Å². The summed E-state index contributed by atoms with van der Waals surface area (Å²) in [6, 6.07) is 9.92. The number of aliphatic hydroxyl groups excluding tert-OH is 1. The van der Waals surface area contributed by atoms with Gasteiger partial charge in [0.05, 0.1) is 11.5 Å². The Morgan fingerprint density at radius 1 is 1.37 bits per heavy atom. The van der Waals surface area contributed by atoms with Gasteiger partial charge in [0.25, 0.3) is 0 Å². The van der Waals surface area contributed by atoms with Gasteiger partial charge in [-0.05, 0) is 24.3 Å². The minimum absolute atomic E-state index is 0.0565. The van der Waals surface area contributed by atoms with Crippen molar-refractivity contribution in [2.24, 2.45) is 5.92 Å². The van der Waals surface area contributed by atoms with Crippen LogP contribution in [0.3, 0.4) is 0 Å². The summed E-state index contributed by atoms with van der Waals surface area (Å²) in [5.41, 5.74) is 0.752. The predicted octanol–water partition coefficient (Wildman–Crippen LogP) is 2.24. The lowest BCUT2D eigenvalue weighted by molar-refractivity contribution is -0.124. The highest BCUT2D eigenvalue weighted by atomic mass is 16.3. The van der Waals surface area contributed by atoms with Gasteiger partial charge in [-0.15, -0.1) is 0 Å². The Hall–Kier alpha value is -1.35. The molecule has 1 aromatic carbocycles. The van der Waals surface area contributed by atoms with E-state index in [0.29, 0.717) is 6.54 Å². The smallest absolute Gasteiger partial charge is 0.230 e. The number of carbonyl (C=O) groups is 1. The van der Waals surface area contributed by atoms with Crippen molar-refractivity contribution < 1.29 is 9.90 Å². The van der Waals surface area contributed by atoms with Crippen molar-refractivity contribution in [2.45, 2.75) is 44.6 Å². The second-order valence-corrected chi connectivity index (χ2v) is 5.61. The van der Waals surface area contributed by atoms with E-state index < -0.39 is 6.10 Å². The second-order valence-electron chi connectivity index (χ2n) is 5.61. The molecule has 1 aliphatic rings. The van der Waals surface area contributed by atoms with Crippen molar-refractivity contribution in [3.63, 3.8) is 0 Å². The first-order valence-electron chi connectivity index (χ1n) is 7.12. The summed E-state index contributed by atoms with van der Waals surface area (Å²) in [6.45, 7) is 4.39. The van der Waals surface area contributed by atoms with Gasteiger partial charge in [0.2, 0.25) is 5.91 Å². The third-order valence-corrected chi connectivity index (χ3v) is 4.28. The number of hydrogen-bond donors (Lipinski definition) is 2. The van der Waals surface area contributed by atoms with E-state index in [9.17, 15) is 9.90 Å². The summed E-state index contributed by atoms with van der Waals surface area (Å²) >= 11 is 0. The van der Waals surface area contributed by atoms with Crippen LogP contribution in [-0.2, 0) is 10.2 Å². The zero-order chi connectivity index (χ0) is 13.9. The molecular weight excluding hydrogens is 238 g/mol. The maximum absolute atomic E-state index is 12.3. The molecule has 2 N–H and O–H groups in total. The number of aliphatic hydroxyl groups is 1. The first-order chi connectivity index (χ1) is 9.10. The molecule has 3 nitrogen and oxygen atoms in total. The molecule has 2 atom stereocenters. The van der Waals surface area contributed by atoms with E-state index in [4.69, 9.17) is 0 Å². The molecule has 1 aliphatic carbocycles. The molecule has 1 amide bonds. The van der Waals surface area contributed by atoms with E-state index >= 15 is 0 Å². The topological polar surface area (TPSA) is 49.3 Å². The predicted molar refractivity (Wildman–Crippen MR) is 75.8 cm³/mol. The Morgan fingerprint density at radius 3 is 2.53 bits per heavy atom. The number of benzene rings is 1. The van der Waals surface area contributed by atoms with Gasteiger partial charge < -0.3 is 10.4 Å². The van der Waals surface area contributed by atoms with Gasteiger partial charge in [-0.1, -0.05) is 50.6 Å². The van der Waals surface area contributed by atoms with Crippen LogP contribution in [0.25, 0.3) is 0 Å². The summed E-state index contributed by atoms with van der Waals surface area (Å²) in [4.78, 5) is 12.3. The molecule has 1 saturated carbocycles. The molecule has 0 radical (unpaired) electrons. The minimum atomic E-state index is -0.458. The molecule has 3 heteroatoms. The third-order valence-electron chi connectivity index (χ3n) is 4.28. The highest BCUT2D eigenvalue weighted by Gasteiger charge is 2.51. The van der Waals surface area contributed by atoms with Crippen LogP contribution in [0.1, 0.15) is 38.7 Å². The van der Waals surface area contributed by atoms with Crippen molar-refractivity contribution in [3.05, 3.63) is 35.9 Å². The number of rotatable bonds is 6. The van der Waals surface area contributed by atoms with E-state index in [1.54, 1.807) is 0 Å². The molecule has 104 valence electrons. The summed E-state index contributed by atoms with van der Waals surface area (Å²) in [5.74, 6) is 0.272. The molecule has 0 aromatic heterocycles. The van der Waals surface area contributed by atoms with Gasteiger partial charge in [0.15, 0.2) is 0 Å². The summed E-state index contributed by atoms with van der Waals surface area (Å²) in [6.07, 6.45) is 2.27. The van der Waals surface area contributed by atoms with E-state index in [1.165, 1.54) is 0 Å². The van der Waals surface area contributed by atoms with Gasteiger partial charge in [0, 0.05) is 6.54 Å². The molecule has 0 spiro atoms. The molecule has 2 unspecified atom stereocenters. The average molecular weight is 261 g/mol. The van der Waals surface area contributed by atoms with Crippen molar-refractivity contribution in [2.75, 3.05) is 6.54 Å². The van der Waals surface area contributed by atoms with Crippen LogP contribution in [0.4, 0.5) is 0 Å². The van der Waals surface area contributed by atoms with Gasteiger partial charge in [-0.25, -0.2) is 0 Å². The lowest BCUT2D eigenvalue weighted by Crippen LogP contribution is -2.40. The summed E-state index contributed by atoms with van der Waals surface area (Å²) < 4.78 is 0. The Bertz CT molecular complexity index is 426. The molecule has 1 fully saturated rings. The zero-order valence-corrected chi connectivity index (χ0v) is 11.7. The first kappa shape index (κ1) is 14.1. The fourth-order valence-corrected chi connectivity index (χ4v) is 2.37. The monoisotopic (exact) mass is 261 g/mol. The Labute approximate surface area is 115 Å². The highest BCUT2D eigenvalue weighted by molar-refractivity contribution is 5.91. The van der Waals surface area contributed by atoms with Crippen LogP contribution in [0.15, 0.2) is 30.3 Å². The molecule has 0 aliphatic heterocycles. The molecule has 19 heavy (non-hydrogen) atoms. The maximum atomic E-state index is 12.3. The standard InChI is InChI=1S/C16H23NO2/c1-3-12(2)14(18)11-17-15(19)16(9-10-16)13-7-5-4-6-8-13/h4-8,12,14,18H,3,9-11H2,1-2H3,(H,17,19). The minimum Gasteiger partial charge on any atom is -0.391 e. The van der Waals surface area contributed by atoms with Crippen LogP contribution in [-0.4, -0.2) is 23.7 Å². The van der Waals surface area contributed by atoms with Crippen LogP contribution in [0.5, 0.6) is 0 Å². The van der Waals surface area contributed by atoms with Crippen LogP contribution < -0.4 is 5.32 Å². The largest absolute Gasteiger partial charge is 0.391 e. The van der Waals surface area contributed by atoms with E-state index in [2.05, 4.69) is 5.32 Å². The SMILES string of the molecule is CCC(C)C(O)CNC(=O)C1(c2ccccc2)CC1. The molecule has 1 aromatic rings. The highest BCUT2D eigenvalue weighted by Crippen LogP contribution is 2.48. The quantitative estimate of drug-likeness (QED) is 0.825. The number of carbonyl (C=O) groups excluding carboxylic acids is 1. The van der Waals surface area contributed by atoms with Gasteiger partial charge >= 0.3 is 0 Å². The molecule has 0 heterocycles. The average Bonchev–Trinajstić information content (AvgIpc) is 3.26. The molecule has 0 saturated heterocycles. The maximum Gasteiger partial charge on any atom is 0.230 e. The number of hydrogen-bond acceptors (Lipinski definition) is 2. The van der Waals surface area contributed by atoms with Gasteiger partial charge in [-0.3, -0.25) is 4.79 Å². The van der Waals surface area contributed by atoms with Gasteiger partial charge in [-0.2, -0.15) is 0 Å². The fourth-order valence-electron chi connectivity index (χ4n) is 2.37. The molecular formula is C16H23NO2. The van der Waals surface area contributed by atoms with Gasteiger partial charge in [0.1, 0.15) is 0 Å². The van der Waals surface area contributed by atoms with Crippen molar-refractivity contribution >= 4 is 5.91 Å². The summed E-state index contributed by atoms with van der Waals surface area (Å²) in [5, 5.41) is 12.8. The normalized spacial score (nSPS) is 19.5. The first-order valence-corrected chi connectivity index (χ1v) is 7.12. The van der Waals surface area contributed by atoms with Crippen molar-refractivity contribution in [1.29, 1.82) is 0 Å². The molecule has 0 bridgehead atoms. The van der Waals surface area contributed by atoms with Crippen molar-refractivity contribution in [3.8, 4) is 0 Å². The second kappa shape index (κ2) is 5.74. The summed E-state index contributed by atoms with van der Waals surface area (Å²) in [7, 11) is 0. The molecule has 2 rings (SSSR count). The van der Waals surface area contributed by atoms with Crippen LogP contribution >= 0.6 is 0 Å². The lowest BCUT2D eigenvalue weighted by atomic mass is 9.94. The Balaban J connectivity index is 1.94.